The number of carbonyl (C=O) groups is 2. The maximum atomic E-state index is 13.6. The molecule has 6 nitrogen and oxygen atoms in total. The first-order chi connectivity index (χ1) is 16.3. The molecule has 2 aromatic carbocycles. The molecule has 1 saturated heterocycles. The quantitative estimate of drug-likeness (QED) is 0.580. The highest BCUT2D eigenvalue weighted by Gasteiger charge is 2.47. The largest absolute Gasteiger partial charge is 0.343 e. The van der Waals surface area contributed by atoms with Gasteiger partial charge in [0.15, 0.2) is 0 Å². The van der Waals surface area contributed by atoms with Crippen molar-refractivity contribution in [3.05, 3.63) is 76.6 Å². The zero-order valence-corrected chi connectivity index (χ0v) is 18.6. The normalized spacial score (nSPS) is 17.1. The highest BCUT2D eigenvalue weighted by Crippen LogP contribution is 2.31. The standard InChI is InChI=1S/C25H19ClF2N4O2/c26-20-6-5-17-9-16(1-3-18(17)10-20)2-4-19-13-30-8-7-22(19)24(34)31-14-23(33)32-15-25(27,28)11-21(32)12-29/h1-10,13,21H,11,14-15H2,(H,31,34)/b4-2+/t21-/m0/s1. The van der Waals surface area contributed by atoms with E-state index in [9.17, 15) is 18.4 Å². The van der Waals surface area contributed by atoms with Gasteiger partial charge in [0.25, 0.3) is 11.8 Å². The van der Waals surface area contributed by atoms with Gasteiger partial charge in [0.2, 0.25) is 5.91 Å². The summed E-state index contributed by atoms with van der Waals surface area (Å²) in [7, 11) is 0. The third-order valence-corrected chi connectivity index (χ3v) is 5.75. The Morgan fingerprint density at radius 1 is 1.21 bits per heavy atom. The molecule has 0 aliphatic carbocycles. The molecule has 172 valence electrons. The van der Waals surface area contributed by atoms with Crippen LogP contribution >= 0.6 is 11.6 Å². The first-order valence-electron chi connectivity index (χ1n) is 10.4. The van der Waals surface area contributed by atoms with E-state index in [0.29, 0.717) is 10.6 Å². The van der Waals surface area contributed by atoms with Crippen LogP contribution in [0.25, 0.3) is 22.9 Å². The molecule has 0 bridgehead atoms. The molecule has 2 heterocycles. The highest BCUT2D eigenvalue weighted by atomic mass is 35.5. The lowest BCUT2D eigenvalue weighted by molar-refractivity contribution is -0.131. The van der Waals surface area contributed by atoms with Crippen molar-refractivity contribution in [1.29, 1.82) is 5.26 Å². The summed E-state index contributed by atoms with van der Waals surface area (Å²) in [5, 5.41) is 14.2. The third-order valence-electron chi connectivity index (χ3n) is 5.52. The van der Waals surface area contributed by atoms with Crippen LogP contribution < -0.4 is 5.32 Å². The molecule has 34 heavy (non-hydrogen) atoms. The number of aromatic nitrogens is 1. The SMILES string of the molecule is N#C[C@@H]1CC(F)(F)CN1C(=O)CNC(=O)c1ccncc1/C=C/c1ccc2cc(Cl)ccc2c1. The van der Waals surface area contributed by atoms with Crippen LogP contribution in [0.3, 0.4) is 0 Å². The van der Waals surface area contributed by atoms with E-state index in [4.69, 9.17) is 16.9 Å². The van der Waals surface area contributed by atoms with Crippen molar-refractivity contribution in [3.8, 4) is 6.07 Å². The summed E-state index contributed by atoms with van der Waals surface area (Å²) in [6, 6.07) is 13.4. The van der Waals surface area contributed by atoms with Gasteiger partial charge in [-0.1, -0.05) is 42.0 Å². The summed E-state index contributed by atoms with van der Waals surface area (Å²) in [6.45, 7) is -1.33. The van der Waals surface area contributed by atoms with Crippen LogP contribution in [-0.2, 0) is 4.79 Å². The predicted octanol–water partition coefficient (Wildman–Crippen LogP) is 4.55. The lowest BCUT2D eigenvalue weighted by atomic mass is 10.0. The van der Waals surface area contributed by atoms with Crippen molar-refractivity contribution in [2.75, 3.05) is 13.1 Å². The van der Waals surface area contributed by atoms with Gasteiger partial charge in [-0.25, -0.2) is 8.78 Å². The molecule has 4 rings (SSSR count). The number of benzene rings is 2. The van der Waals surface area contributed by atoms with Gasteiger partial charge < -0.3 is 10.2 Å². The number of likely N-dealkylation sites (tertiary alicyclic amines) is 1. The number of hydrogen-bond donors (Lipinski definition) is 1. The molecule has 1 atom stereocenters. The van der Waals surface area contributed by atoms with E-state index in [1.807, 2.05) is 42.5 Å². The first kappa shape index (κ1) is 23.3. The van der Waals surface area contributed by atoms with E-state index < -0.39 is 43.3 Å². The average Bonchev–Trinajstić information content (AvgIpc) is 3.15. The summed E-state index contributed by atoms with van der Waals surface area (Å²) >= 11 is 6.03. The van der Waals surface area contributed by atoms with Crippen molar-refractivity contribution < 1.29 is 18.4 Å². The van der Waals surface area contributed by atoms with Crippen LogP contribution in [0.15, 0.2) is 54.9 Å². The fourth-order valence-corrected chi connectivity index (χ4v) is 4.00. The second-order valence-electron chi connectivity index (χ2n) is 7.96. The van der Waals surface area contributed by atoms with E-state index in [1.165, 1.54) is 18.5 Å². The second-order valence-corrected chi connectivity index (χ2v) is 8.39. The Kier molecular flexibility index (Phi) is 6.57. The maximum absolute atomic E-state index is 13.6. The summed E-state index contributed by atoms with van der Waals surface area (Å²) in [4.78, 5) is 29.9. The van der Waals surface area contributed by atoms with E-state index in [0.717, 1.165) is 21.2 Å². The van der Waals surface area contributed by atoms with E-state index in [-0.39, 0.29) is 5.56 Å². The number of fused-ring (bicyclic) bond motifs is 1. The second kappa shape index (κ2) is 9.57. The maximum Gasteiger partial charge on any atom is 0.268 e. The molecule has 0 saturated carbocycles. The van der Waals surface area contributed by atoms with Crippen molar-refractivity contribution in [3.63, 3.8) is 0 Å². The number of amides is 2. The molecule has 0 unspecified atom stereocenters. The van der Waals surface area contributed by atoms with Gasteiger partial charge in [-0.15, -0.1) is 0 Å². The molecule has 1 aliphatic rings. The minimum absolute atomic E-state index is 0.273. The van der Waals surface area contributed by atoms with Gasteiger partial charge >= 0.3 is 0 Å². The van der Waals surface area contributed by atoms with Gasteiger partial charge in [-0.05, 0) is 40.6 Å². The number of nitrogens with zero attached hydrogens (tertiary/aromatic N) is 3. The summed E-state index contributed by atoms with van der Waals surface area (Å²) in [5.74, 6) is -4.40. The molecule has 1 fully saturated rings. The van der Waals surface area contributed by atoms with Gasteiger partial charge in [0.05, 0.1) is 19.2 Å². The first-order valence-corrected chi connectivity index (χ1v) is 10.8. The number of carbonyl (C=O) groups excluding carboxylic acids is 2. The Morgan fingerprint density at radius 3 is 2.76 bits per heavy atom. The number of pyridine rings is 1. The number of halogens is 3. The number of hydrogen-bond acceptors (Lipinski definition) is 4. The molecular weight excluding hydrogens is 462 g/mol. The zero-order chi connectivity index (χ0) is 24.3. The minimum Gasteiger partial charge on any atom is -0.343 e. The van der Waals surface area contributed by atoms with Crippen molar-refractivity contribution in [1.82, 2.24) is 15.2 Å². The summed E-state index contributed by atoms with van der Waals surface area (Å²) in [5.41, 5.74) is 1.69. The smallest absolute Gasteiger partial charge is 0.268 e. The van der Waals surface area contributed by atoms with Gasteiger partial charge in [0.1, 0.15) is 6.04 Å². The van der Waals surface area contributed by atoms with Crippen LogP contribution in [0.1, 0.15) is 27.9 Å². The Bertz CT molecular complexity index is 1340. The van der Waals surface area contributed by atoms with Crippen LogP contribution in [0.2, 0.25) is 5.02 Å². The molecule has 1 N–H and O–H groups in total. The van der Waals surface area contributed by atoms with Crippen molar-refractivity contribution in [2.24, 2.45) is 0 Å². The number of nitriles is 1. The molecule has 1 aromatic heterocycles. The van der Waals surface area contributed by atoms with E-state index >= 15 is 0 Å². The van der Waals surface area contributed by atoms with Gasteiger partial charge in [-0.3, -0.25) is 14.6 Å². The number of nitrogens with one attached hydrogen (secondary N) is 1. The summed E-state index contributed by atoms with van der Waals surface area (Å²) < 4.78 is 27.2. The number of alkyl halides is 2. The van der Waals surface area contributed by atoms with E-state index in [1.54, 1.807) is 12.1 Å². The fraction of sp³-hybridized carbons (Fsp3) is 0.200. The molecule has 9 heteroatoms. The fourth-order valence-electron chi connectivity index (χ4n) is 3.82. The minimum atomic E-state index is -3.11. The molecule has 3 aromatic rings. The lowest BCUT2D eigenvalue weighted by Gasteiger charge is -2.19. The predicted molar refractivity (Wildman–Crippen MR) is 125 cm³/mol. The zero-order valence-electron chi connectivity index (χ0n) is 17.8. The van der Waals surface area contributed by atoms with E-state index in [2.05, 4.69) is 10.3 Å². The highest BCUT2D eigenvalue weighted by molar-refractivity contribution is 6.31. The van der Waals surface area contributed by atoms with Gasteiger partial charge in [-0.2, -0.15) is 5.26 Å². The van der Waals surface area contributed by atoms with Crippen LogP contribution in [-0.4, -0.2) is 46.8 Å². The van der Waals surface area contributed by atoms with Crippen molar-refractivity contribution in [2.45, 2.75) is 18.4 Å². The Morgan fingerprint density at radius 2 is 1.97 bits per heavy atom. The Balaban J connectivity index is 1.46. The number of rotatable bonds is 5. The Labute approximate surface area is 199 Å². The summed E-state index contributed by atoms with van der Waals surface area (Å²) in [6.07, 6.45) is 5.82. The topological polar surface area (TPSA) is 86.1 Å². The molecular formula is C25H19ClF2N4O2. The lowest BCUT2D eigenvalue weighted by Crippen LogP contribution is -2.43. The third kappa shape index (κ3) is 5.21. The Hall–Kier alpha value is -3.83. The van der Waals surface area contributed by atoms with Gasteiger partial charge in [0, 0.05) is 35.0 Å². The van der Waals surface area contributed by atoms with Crippen LogP contribution in [0.5, 0.6) is 0 Å². The average molecular weight is 481 g/mol. The monoisotopic (exact) mass is 480 g/mol. The van der Waals surface area contributed by atoms with Crippen molar-refractivity contribution >= 4 is 46.3 Å². The van der Waals surface area contributed by atoms with Crippen LogP contribution in [0.4, 0.5) is 8.78 Å². The molecule has 1 aliphatic heterocycles. The molecule has 0 spiro atoms. The molecule has 2 amide bonds. The van der Waals surface area contributed by atoms with Crippen LogP contribution in [0, 0.1) is 11.3 Å². The molecule has 0 radical (unpaired) electrons.